The Hall–Kier alpha value is -1.43. The molecule has 49 heavy (non-hydrogen) atoms. The van der Waals surface area contributed by atoms with Gasteiger partial charge < -0.3 is 20.6 Å². The van der Waals surface area contributed by atoms with Crippen LogP contribution in [0.4, 0.5) is 0 Å². The summed E-state index contributed by atoms with van der Waals surface area (Å²) in [6.45, 7) is 4.10. The molecule has 288 valence electrons. The van der Waals surface area contributed by atoms with Crippen LogP contribution in [-0.4, -0.2) is 46.1 Å². The lowest BCUT2D eigenvalue weighted by Crippen LogP contribution is -2.50. The van der Waals surface area contributed by atoms with Gasteiger partial charge in [-0.1, -0.05) is 172 Å². The van der Waals surface area contributed by atoms with E-state index in [2.05, 4.69) is 55.6 Å². The predicted molar refractivity (Wildman–Crippen MR) is 213 cm³/mol. The van der Waals surface area contributed by atoms with E-state index < -0.39 is 18.2 Å². The van der Waals surface area contributed by atoms with Gasteiger partial charge >= 0.3 is 0 Å². The molecule has 0 spiro atoms. The molecule has 4 N–H and O–H groups in total. The van der Waals surface area contributed by atoms with Crippen molar-refractivity contribution >= 4 is 5.91 Å². The molecule has 0 heterocycles. The van der Waals surface area contributed by atoms with E-state index >= 15 is 0 Å². The van der Waals surface area contributed by atoms with Crippen molar-refractivity contribution < 1.29 is 20.1 Å². The third-order valence-corrected chi connectivity index (χ3v) is 9.72. The van der Waals surface area contributed by atoms with Crippen LogP contribution in [0.2, 0.25) is 0 Å². The van der Waals surface area contributed by atoms with Gasteiger partial charge in [0.25, 0.3) is 0 Å². The summed E-state index contributed by atoms with van der Waals surface area (Å²) in [6.07, 6.45) is 48.5. The van der Waals surface area contributed by atoms with Crippen molar-refractivity contribution in [2.24, 2.45) is 0 Å². The zero-order valence-electron chi connectivity index (χ0n) is 32.6. The summed E-state index contributed by atoms with van der Waals surface area (Å²) in [4.78, 5) is 12.4. The Kier molecular flexibility index (Phi) is 38.2. The van der Waals surface area contributed by atoms with Gasteiger partial charge in [0.15, 0.2) is 0 Å². The van der Waals surface area contributed by atoms with Gasteiger partial charge in [-0.2, -0.15) is 0 Å². The Morgan fingerprint density at radius 2 is 0.878 bits per heavy atom. The highest BCUT2D eigenvalue weighted by atomic mass is 16.3. The average molecular weight is 690 g/mol. The molecule has 0 rings (SSSR count). The van der Waals surface area contributed by atoms with E-state index in [1.54, 1.807) is 0 Å². The van der Waals surface area contributed by atoms with Crippen molar-refractivity contribution in [1.29, 1.82) is 0 Å². The van der Waals surface area contributed by atoms with Crippen LogP contribution in [0.15, 0.2) is 36.5 Å². The molecule has 0 aromatic heterocycles. The van der Waals surface area contributed by atoms with Crippen LogP contribution in [0.5, 0.6) is 0 Å². The van der Waals surface area contributed by atoms with E-state index in [0.717, 1.165) is 44.9 Å². The van der Waals surface area contributed by atoms with Crippen molar-refractivity contribution in [2.45, 2.75) is 231 Å². The number of unbranched alkanes of at least 4 members (excludes halogenated alkanes) is 24. The molecule has 0 radical (unpaired) electrons. The molecular formula is C44H83NO4. The zero-order chi connectivity index (χ0) is 35.9. The number of carbonyl (C=O) groups excluding carboxylic acids is 1. The van der Waals surface area contributed by atoms with E-state index in [0.29, 0.717) is 12.8 Å². The lowest BCUT2D eigenvalue weighted by molar-refractivity contribution is -0.124. The van der Waals surface area contributed by atoms with Gasteiger partial charge in [0.1, 0.15) is 6.10 Å². The van der Waals surface area contributed by atoms with Gasteiger partial charge in [0.2, 0.25) is 5.91 Å². The summed E-state index contributed by atoms with van der Waals surface area (Å²) in [5.74, 6) is -0.160. The van der Waals surface area contributed by atoms with E-state index in [9.17, 15) is 20.1 Å². The highest BCUT2D eigenvalue weighted by Gasteiger charge is 2.26. The lowest BCUT2D eigenvalue weighted by Gasteiger charge is -2.26. The number of aliphatic hydroxyl groups is 3. The SMILES string of the molecule is CCCCC/C=C/CCCC(O)C(O)C(CO)NC(=O)CCCCCCCCCCCCC/C=C\C/C=C\CCCCCCCCCCC. The number of rotatable bonds is 38. The lowest BCUT2D eigenvalue weighted by atomic mass is 10.0. The van der Waals surface area contributed by atoms with Crippen LogP contribution >= 0.6 is 0 Å². The van der Waals surface area contributed by atoms with Crippen molar-refractivity contribution in [3.8, 4) is 0 Å². The van der Waals surface area contributed by atoms with E-state index in [1.807, 2.05) is 0 Å². The van der Waals surface area contributed by atoms with Gasteiger partial charge in [-0.15, -0.1) is 0 Å². The van der Waals surface area contributed by atoms with Crippen molar-refractivity contribution in [3.63, 3.8) is 0 Å². The number of amides is 1. The maximum Gasteiger partial charge on any atom is 0.220 e. The molecule has 0 bridgehead atoms. The summed E-state index contributed by atoms with van der Waals surface area (Å²) in [7, 11) is 0. The Labute approximate surface area is 304 Å². The van der Waals surface area contributed by atoms with Crippen LogP contribution < -0.4 is 5.32 Å². The highest BCUT2D eigenvalue weighted by molar-refractivity contribution is 5.76. The molecular weight excluding hydrogens is 606 g/mol. The summed E-state index contributed by atoms with van der Waals surface area (Å²) in [6, 6.07) is -0.824. The van der Waals surface area contributed by atoms with Gasteiger partial charge in [0.05, 0.1) is 18.8 Å². The topological polar surface area (TPSA) is 89.8 Å². The maximum atomic E-state index is 12.4. The molecule has 1 amide bonds. The fourth-order valence-electron chi connectivity index (χ4n) is 6.37. The smallest absolute Gasteiger partial charge is 0.220 e. The molecule has 5 heteroatoms. The third kappa shape index (κ3) is 34.8. The standard InChI is InChI=1S/C44H83NO4/c1-3-5-7-9-11-13-14-15-16-17-18-19-20-21-22-23-24-25-26-27-28-29-30-31-33-35-37-39-43(48)45-41(40-46)44(49)42(47)38-36-34-32-12-10-8-6-4-2/h12,18-19,21-22,32,41-42,44,46-47,49H,3-11,13-17,20,23-31,33-40H2,1-2H3,(H,45,48)/b19-18-,22-21-,32-12+. The molecule has 0 aliphatic heterocycles. The molecule has 3 unspecified atom stereocenters. The predicted octanol–water partition coefficient (Wildman–Crippen LogP) is 12.0. The molecule has 0 aromatic rings. The van der Waals surface area contributed by atoms with Crippen LogP contribution in [-0.2, 0) is 4.79 Å². The quantitative estimate of drug-likeness (QED) is 0.0384. The Morgan fingerprint density at radius 1 is 0.510 bits per heavy atom. The molecule has 0 fully saturated rings. The van der Waals surface area contributed by atoms with Gasteiger partial charge in [-0.3, -0.25) is 4.79 Å². The second kappa shape index (κ2) is 39.4. The number of hydrogen-bond donors (Lipinski definition) is 4. The molecule has 0 aliphatic carbocycles. The van der Waals surface area contributed by atoms with Crippen LogP contribution in [0.25, 0.3) is 0 Å². The number of allylic oxidation sites excluding steroid dienone is 6. The van der Waals surface area contributed by atoms with E-state index in [4.69, 9.17) is 0 Å². The molecule has 3 atom stereocenters. The van der Waals surface area contributed by atoms with Gasteiger partial charge in [-0.05, 0) is 70.6 Å². The first-order valence-electron chi connectivity index (χ1n) is 21.3. The minimum absolute atomic E-state index is 0.160. The second-order valence-electron chi connectivity index (χ2n) is 14.5. The first-order valence-corrected chi connectivity index (χ1v) is 21.3. The normalized spacial score (nSPS) is 14.0. The fraction of sp³-hybridized carbons (Fsp3) is 0.841. The largest absolute Gasteiger partial charge is 0.394 e. The third-order valence-electron chi connectivity index (χ3n) is 9.72. The maximum absolute atomic E-state index is 12.4. The number of hydrogen-bond acceptors (Lipinski definition) is 4. The summed E-state index contributed by atoms with van der Waals surface area (Å²) >= 11 is 0. The summed E-state index contributed by atoms with van der Waals surface area (Å²) < 4.78 is 0. The molecule has 0 aromatic carbocycles. The summed E-state index contributed by atoms with van der Waals surface area (Å²) in [5, 5.41) is 33.2. The number of carbonyl (C=O) groups is 1. The zero-order valence-corrected chi connectivity index (χ0v) is 32.6. The van der Waals surface area contributed by atoms with E-state index in [-0.39, 0.29) is 12.5 Å². The number of nitrogens with one attached hydrogen (secondary N) is 1. The van der Waals surface area contributed by atoms with E-state index in [1.165, 1.54) is 141 Å². The molecule has 0 saturated carbocycles. The first-order chi connectivity index (χ1) is 24.1. The van der Waals surface area contributed by atoms with Crippen molar-refractivity contribution in [1.82, 2.24) is 5.32 Å². The monoisotopic (exact) mass is 690 g/mol. The molecule has 0 aliphatic rings. The number of aliphatic hydroxyl groups excluding tert-OH is 3. The minimum Gasteiger partial charge on any atom is -0.394 e. The fourth-order valence-corrected chi connectivity index (χ4v) is 6.37. The van der Waals surface area contributed by atoms with Crippen molar-refractivity contribution in [2.75, 3.05) is 6.61 Å². The van der Waals surface area contributed by atoms with Gasteiger partial charge in [-0.25, -0.2) is 0 Å². The van der Waals surface area contributed by atoms with Crippen molar-refractivity contribution in [3.05, 3.63) is 36.5 Å². The van der Waals surface area contributed by atoms with Gasteiger partial charge in [0, 0.05) is 6.42 Å². The average Bonchev–Trinajstić information content (AvgIpc) is 3.11. The van der Waals surface area contributed by atoms with Crippen LogP contribution in [0.1, 0.15) is 213 Å². The molecule has 0 saturated heterocycles. The Balaban J connectivity index is 3.56. The Bertz CT molecular complexity index is 764. The molecule has 5 nitrogen and oxygen atoms in total. The highest BCUT2D eigenvalue weighted by Crippen LogP contribution is 2.14. The second-order valence-corrected chi connectivity index (χ2v) is 14.5. The minimum atomic E-state index is -1.16. The summed E-state index contributed by atoms with van der Waals surface area (Å²) in [5.41, 5.74) is 0. The first kappa shape index (κ1) is 47.6. The van der Waals surface area contributed by atoms with Crippen LogP contribution in [0.3, 0.4) is 0 Å². The van der Waals surface area contributed by atoms with Crippen LogP contribution in [0, 0.1) is 0 Å². The Morgan fingerprint density at radius 3 is 1.35 bits per heavy atom.